The van der Waals surface area contributed by atoms with E-state index in [4.69, 9.17) is 0 Å². The van der Waals surface area contributed by atoms with E-state index in [1.165, 1.54) is 23.5 Å². The van der Waals surface area contributed by atoms with Crippen LogP contribution in [0.4, 0.5) is 0 Å². The van der Waals surface area contributed by atoms with E-state index < -0.39 is 0 Å². The van der Waals surface area contributed by atoms with Crippen molar-refractivity contribution in [3.63, 3.8) is 0 Å². The van der Waals surface area contributed by atoms with Gasteiger partial charge in [-0.2, -0.15) is 11.8 Å². The molecule has 8 heteroatoms. The zero-order valence-electron chi connectivity index (χ0n) is 13.9. The number of carbonyl (C=O) groups is 2. The highest BCUT2D eigenvalue weighted by Gasteiger charge is 2.29. The van der Waals surface area contributed by atoms with Crippen molar-refractivity contribution >= 4 is 53.5 Å². The van der Waals surface area contributed by atoms with Gasteiger partial charge in [-0.05, 0) is 31.9 Å². The van der Waals surface area contributed by atoms with Gasteiger partial charge in [-0.1, -0.05) is 0 Å². The molecule has 2 aliphatic rings. The Labute approximate surface area is 159 Å². The van der Waals surface area contributed by atoms with Gasteiger partial charge in [0.15, 0.2) is 5.96 Å². The molecule has 0 aromatic carbocycles. The predicted octanol–water partition coefficient (Wildman–Crippen LogP) is 1.59. The first kappa shape index (κ1) is 20.5. The van der Waals surface area contributed by atoms with Crippen LogP contribution in [0.3, 0.4) is 0 Å². The number of hydrogen-bond acceptors (Lipinski definition) is 4. The molecule has 2 amide bonds. The second-order valence-corrected chi connectivity index (χ2v) is 7.73. The van der Waals surface area contributed by atoms with Gasteiger partial charge in [0.25, 0.3) is 0 Å². The van der Waals surface area contributed by atoms with E-state index in [2.05, 4.69) is 22.5 Å². The van der Waals surface area contributed by atoms with Crippen LogP contribution in [-0.2, 0) is 9.59 Å². The van der Waals surface area contributed by atoms with Crippen LogP contribution in [0.2, 0.25) is 0 Å². The van der Waals surface area contributed by atoms with Crippen molar-refractivity contribution < 1.29 is 9.59 Å². The Kier molecular flexibility index (Phi) is 8.66. The third kappa shape index (κ3) is 6.13. The number of rotatable bonds is 5. The lowest BCUT2D eigenvalue weighted by molar-refractivity contribution is -0.147. The van der Waals surface area contributed by atoms with Crippen LogP contribution in [0.1, 0.15) is 39.0 Å². The molecular formula is C15H27IN4O2S. The minimum atomic E-state index is -0.0594. The van der Waals surface area contributed by atoms with Crippen molar-refractivity contribution in [2.75, 3.05) is 32.4 Å². The number of nitrogens with zero attached hydrogens (tertiary/aromatic N) is 2. The lowest BCUT2D eigenvalue weighted by atomic mass is 10.1. The van der Waals surface area contributed by atoms with Gasteiger partial charge in [0.05, 0.1) is 0 Å². The molecule has 2 fully saturated rings. The Morgan fingerprint density at radius 2 is 1.96 bits per heavy atom. The lowest BCUT2D eigenvalue weighted by Crippen LogP contribution is -2.48. The van der Waals surface area contributed by atoms with Gasteiger partial charge in [-0.25, -0.2) is 0 Å². The Hall–Kier alpha value is -0.510. The average Bonchev–Trinajstić information content (AvgIpc) is 2.92. The summed E-state index contributed by atoms with van der Waals surface area (Å²) in [5, 5.41) is 6.52. The van der Waals surface area contributed by atoms with Crippen molar-refractivity contribution in [1.29, 1.82) is 0 Å². The molecule has 1 unspecified atom stereocenters. The summed E-state index contributed by atoms with van der Waals surface area (Å²) in [7, 11) is 1.73. The first-order valence-electron chi connectivity index (χ1n) is 7.96. The summed E-state index contributed by atoms with van der Waals surface area (Å²) in [6.07, 6.45) is 4.14. The average molecular weight is 454 g/mol. The maximum Gasteiger partial charge on any atom is 0.229 e. The molecule has 2 saturated heterocycles. The van der Waals surface area contributed by atoms with Gasteiger partial charge in [0.1, 0.15) is 0 Å². The molecule has 132 valence electrons. The number of hydrogen-bond donors (Lipinski definition) is 2. The zero-order chi connectivity index (χ0) is 16.0. The van der Waals surface area contributed by atoms with E-state index in [1.807, 2.05) is 11.8 Å². The molecule has 1 atom stereocenters. The van der Waals surface area contributed by atoms with Crippen molar-refractivity contribution in [3.8, 4) is 0 Å². The van der Waals surface area contributed by atoms with Crippen LogP contribution < -0.4 is 10.6 Å². The van der Waals surface area contributed by atoms with E-state index in [0.717, 1.165) is 12.5 Å². The minimum Gasteiger partial charge on any atom is -0.355 e. The molecule has 0 aromatic heterocycles. The number of halogens is 1. The van der Waals surface area contributed by atoms with Gasteiger partial charge in [0, 0.05) is 44.3 Å². The van der Waals surface area contributed by atoms with E-state index in [1.54, 1.807) is 7.05 Å². The SMILES string of the molecule is CN=C(NCCN1C(=O)CCCC1=O)NCC1(C)CCCS1.I. The van der Waals surface area contributed by atoms with E-state index in [0.29, 0.717) is 32.4 Å². The lowest BCUT2D eigenvalue weighted by Gasteiger charge is -2.26. The normalized spacial score (nSPS) is 25.3. The Bertz CT molecular complexity index is 437. The molecule has 2 aliphatic heterocycles. The van der Waals surface area contributed by atoms with Gasteiger partial charge >= 0.3 is 0 Å². The predicted molar refractivity (Wildman–Crippen MR) is 105 cm³/mol. The van der Waals surface area contributed by atoms with Gasteiger partial charge in [0.2, 0.25) is 11.8 Å². The molecule has 2 heterocycles. The summed E-state index contributed by atoms with van der Waals surface area (Å²) in [5.74, 6) is 1.83. The summed E-state index contributed by atoms with van der Waals surface area (Å²) in [5.41, 5.74) is 0. The summed E-state index contributed by atoms with van der Waals surface area (Å²) >= 11 is 2.00. The molecular weight excluding hydrogens is 427 g/mol. The van der Waals surface area contributed by atoms with E-state index in [9.17, 15) is 9.59 Å². The maximum atomic E-state index is 11.7. The second-order valence-electron chi connectivity index (χ2n) is 6.05. The zero-order valence-corrected chi connectivity index (χ0v) is 17.0. The molecule has 0 bridgehead atoms. The number of thioether (sulfide) groups is 1. The van der Waals surface area contributed by atoms with E-state index >= 15 is 0 Å². The summed E-state index contributed by atoms with van der Waals surface area (Å²) in [6, 6.07) is 0. The number of guanidine groups is 1. The molecule has 0 radical (unpaired) electrons. The molecule has 0 aromatic rings. The second kappa shape index (κ2) is 9.71. The standard InChI is InChI=1S/C15H26N4O2S.HI/c1-15(7-4-10-22-15)11-18-14(16-2)17-8-9-19-12(20)5-3-6-13(19)21;/h3-11H2,1-2H3,(H2,16,17,18);1H. The Morgan fingerprint density at radius 1 is 1.26 bits per heavy atom. The fourth-order valence-electron chi connectivity index (χ4n) is 2.80. The van der Waals surface area contributed by atoms with Crippen molar-refractivity contribution in [1.82, 2.24) is 15.5 Å². The third-order valence-corrected chi connectivity index (χ3v) is 5.70. The Balaban J connectivity index is 0.00000264. The molecule has 0 aliphatic carbocycles. The van der Waals surface area contributed by atoms with Crippen LogP contribution in [0.25, 0.3) is 0 Å². The van der Waals surface area contributed by atoms with E-state index in [-0.39, 0.29) is 40.5 Å². The summed E-state index contributed by atoms with van der Waals surface area (Å²) in [4.78, 5) is 29.0. The number of imide groups is 1. The molecule has 23 heavy (non-hydrogen) atoms. The third-order valence-electron chi connectivity index (χ3n) is 4.17. The quantitative estimate of drug-likeness (QED) is 0.286. The maximum absolute atomic E-state index is 11.7. The van der Waals surface area contributed by atoms with Gasteiger partial charge in [-0.3, -0.25) is 19.5 Å². The fraction of sp³-hybridized carbons (Fsp3) is 0.800. The highest BCUT2D eigenvalue weighted by Crippen LogP contribution is 2.36. The number of likely N-dealkylation sites (tertiary alicyclic amines) is 1. The number of aliphatic imine (C=N–C) groups is 1. The Morgan fingerprint density at radius 3 is 2.52 bits per heavy atom. The van der Waals surface area contributed by atoms with Gasteiger partial charge < -0.3 is 10.6 Å². The highest BCUT2D eigenvalue weighted by molar-refractivity contribution is 14.0. The topological polar surface area (TPSA) is 73.8 Å². The largest absolute Gasteiger partial charge is 0.355 e. The smallest absolute Gasteiger partial charge is 0.229 e. The number of nitrogens with one attached hydrogen (secondary N) is 2. The van der Waals surface area contributed by atoms with Crippen LogP contribution in [0.15, 0.2) is 4.99 Å². The minimum absolute atomic E-state index is 0. The fourth-order valence-corrected chi connectivity index (χ4v) is 4.05. The van der Waals surface area contributed by atoms with Crippen LogP contribution >= 0.6 is 35.7 Å². The molecule has 6 nitrogen and oxygen atoms in total. The van der Waals surface area contributed by atoms with Crippen LogP contribution in [0, 0.1) is 0 Å². The summed E-state index contributed by atoms with van der Waals surface area (Å²) < 4.78 is 0.274. The first-order valence-corrected chi connectivity index (χ1v) is 8.94. The number of piperidine rings is 1. The summed E-state index contributed by atoms with van der Waals surface area (Å²) in [6.45, 7) is 4.08. The molecule has 0 saturated carbocycles. The monoisotopic (exact) mass is 454 g/mol. The van der Waals surface area contributed by atoms with Gasteiger partial charge in [-0.15, -0.1) is 24.0 Å². The van der Waals surface area contributed by atoms with Crippen molar-refractivity contribution in [3.05, 3.63) is 0 Å². The van der Waals surface area contributed by atoms with Crippen LogP contribution in [0.5, 0.6) is 0 Å². The molecule has 2 N–H and O–H groups in total. The van der Waals surface area contributed by atoms with Crippen molar-refractivity contribution in [2.45, 2.75) is 43.8 Å². The molecule has 0 spiro atoms. The first-order chi connectivity index (χ1) is 10.5. The highest BCUT2D eigenvalue weighted by atomic mass is 127. The number of carbonyl (C=O) groups excluding carboxylic acids is 2. The molecule has 2 rings (SSSR count). The van der Waals surface area contributed by atoms with Crippen LogP contribution in [-0.4, -0.2) is 59.9 Å². The van der Waals surface area contributed by atoms with Crippen molar-refractivity contribution in [2.24, 2.45) is 4.99 Å². The number of amides is 2.